The molecule has 0 amide bonds. The third-order valence-corrected chi connectivity index (χ3v) is 3.48. The zero-order chi connectivity index (χ0) is 17.0. The number of aryl methyl sites for hydroxylation is 2. The minimum Gasteiger partial charge on any atom is -0.481 e. The van der Waals surface area contributed by atoms with Gasteiger partial charge in [-0.3, -0.25) is 10.1 Å². The van der Waals surface area contributed by atoms with Gasteiger partial charge in [0.2, 0.25) is 5.88 Å². The van der Waals surface area contributed by atoms with Crippen molar-refractivity contribution in [3.8, 4) is 11.9 Å². The quantitative estimate of drug-likeness (QED) is 0.648. The van der Waals surface area contributed by atoms with Crippen LogP contribution in [0.5, 0.6) is 5.88 Å². The van der Waals surface area contributed by atoms with Crippen molar-refractivity contribution in [3.05, 3.63) is 45.1 Å². The number of nitro groups is 1. The first-order chi connectivity index (χ1) is 11.0. The van der Waals surface area contributed by atoms with Crippen LogP contribution < -0.4 is 10.1 Å². The predicted octanol–water partition coefficient (Wildman–Crippen LogP) is 2.38. The highest BCUT2D eigenvalue weighted by molar-refractivity contribution is 5.64. The molecule has 0 saturated carbocycles. The maximum atomic E-state index is 11.2. The molecule has 8 heteroatoms. The van der Waals surface area contributed by atoms with Crippen molar-refractivity contribution in [1.29, 1.82) is 5.26 Å². The molecule has 0 aliphatic rings. The van der Waals surface area contributed by atoms with E-state index < -0.39 is 4.92 Å². The molecule has 0 aliphatic carbocycles. The second kappa shape index (κ2) is 6.79. The summed E-state index contributed by atoms with van der Waals surface area (Å²) < 4.78 is 6.99. The van der Waals surface area contributed by atoms with Gasteiger partial charge in [0.15, 0.2) is 0 Å². The van der Waals surface area contributed by atoms with E-state index in [1.807, 2.05) is 13.0 Å². The molecule has 0 fully saturated rings. The fourth-order valence-corrected chi connectivity index (χ4v) is 2.41. The molecule has 0 saturated heterocycles. The van der Waals surface area contributed by atoms with Gasteiger partial charge in [0.1, 0.15) is 5.69 Å². The predicted molar refractivity (Wildman–Crippen MR) is 84.3 cm³/mol. The van der Waals surface area contributed by atoms with E-state index in [-0.39, 0.29) is 11.3 Å². The van der Waals surface area contributed by atoms with E-state index in [4.69, 9.17) is 10.00 Å². The van der Waals surface area contributed by atoms with Crippen LogP contribution in [0.2, 0.25) is 0 Å². The smallest absolute Gasteiger partial charge is 0.293 e. The summed E-state index contributed by atoms with van der Waals surface area (Å²) in [5, 5.41) is 27.4. The Kier molecular flexibility index (Phi) is 4.81. The number of nitro benzene ring substituents is 1. The van der Waals surface area contributed by atoms with Crippen LogP contribution in [0, 0.1) is 21.4 Å². The first-order valence-electron chi connectivity index (χ1n) is 7.02. The number of benzene rings is 1. The van der Waals surface area contributed by atoms with Gasteiger partial charge in [0.25, 0.3) is 5.69 Å². The third kappa shape index (κ3) is 3.23. The summed E-state index contributed by atoms with van der Waals surface area (Å²) in [5.41, 5.74) is 2.19. The molecule has 23 heavy (non-hydrogen) atoms. The van der Waals surface area contributed by atoms with Crippen LogP contribution >= 0.6 is 0 Å². The van der Waals surface area contributed by atoms with E-state index in [0.29, 0.717) is 18.1 Å². The van der Waals surface area contributed by atoms with Gasteiger partial charge in [-0.05, 0) is 18.6 Å². The molecule has 2 rings (SSSR count). The van der Waals surface area contributed by atoms with Crippen molar-refractivity contribution in [2.75, 3.05) is 12.4 Å². The van der Waals surface area contributed by atoms with Crippen molar-refractivity contribution in [3.63, 3.8) is 0 Å². The summed E-state index contributed by atoms with van der Waals surface area (Å²) in [4.78, 5) is 10.7. The molecule has 8 nitrogen and oxygen atoms in total. The topological polar surface area (TPSA) is 106 Å². The fourth-order valence-electron chi connectivity index (χ4n) is 2.41. The zero-order valence-corrected chi connectivity index (χ0v) is 13.2. The summed E-state index contributed by atoms with van der Waals surface area (Å²) in [6.07, 6.45) is 0.726. The summed E-state index contributed by atoms with van der Waals surface area (Å²) in [6, 6.07) is 6.22. The van der Waals surface area contributed by atoms with Gasteiger partial charge in [-0.25, -0.2) is 4.68 Å². The Morgan fingerprint density at radius 1 is 1.52 bits per heavy atom. The zero-order valence-electron chi connectivity index (χ0n) is 13.2. The molecule has 120 valence electrons. The van der Waals surface area contributed by atoms with Gasteiger partial charge in [-0.15, -0.1) is 0 Å². The number of nitrogens with zero attached hydrogens (tertiary/aromatic N) is 4. The molecule has 1 aromatic carbocycles. The number of hydrogen-bond donors (Lipinski definition) is 1. The highest BCUT2D eigenvalue weighted by Gasteiger charge is 2.18. The Labute approximate surface area is 133 Å². The van der Waals surface area contributed by atoms with Crippen LogP contribution in [0.15, 0.2) is 18.2 Å². The van der Waals surface area contributed by atoms with E-state index in [1.165, 1.54) is 18.2 Å². The Hall–Kier alpha value is -3.08. The van der Waals surface area contributed by atoms with Crippen molar-refractivity contribution >= 4 is 11.4 Å². The first kappa shape index (κ1) is 16.3. The molecule has 0 spiro atoms. The van der Waals surface area contributed by atoms with E-state index in [1.54, 1.807) is 18.8 Å². The highest BCUT2D eigenvalue weighted by Crippen LogP contribution is 2.28. The molecule has 2 aromatic rings. The molecule has 1 aromatic heterocycles. The number of nitriles is 1. The van der Waals surface area contributed by atoms with Gasteiger partial charge in [0, 0.05) is 19.7 Å². The van der Waals surface area contributed by atoms with E-state index >= 15 is 0 Å². The Morgan fingerprint density at radius 2 is 2.26 bits per heavy atom. The van der Waals surface area contributed by atoms with Gasteiger partial charge in [-0.2, -0.15) is 10.4 Å². The third-order valence-electron chi connectivity index (χ3n) is 3.48. The molecular weight excluding hydrogens is 298 g/mol. The largest absolute Gasteiger partial charge is 0.481 e. The number of aromatic nitrogens is 2. The SMILES string of the molecule is CCc1nn(C)c(OC)c1CNc1ccc(C#N)cc1[N+](=O)[O-]. The lowest BCUT2D eigenvalue weighted by atomic mass is 10.1. The number of methoxy groups -OCH3 is 1. The van der Waals surface area contributed by atoms with E-state index in [0.717, 1.165) is 17.7 Å². The van der Waals surface area contributed by atoms with Crippen molar-refractivity contribution in [2.45, 2.75) is 19.9 Å². The van der Waals surface area contributed by atoms with Crippen LogP contribution in [0.1, 0.15) is 23.7 Å². The minimum atomic E-state index is -0.510. The molecule has 0 bridgehead atoms. The molecule has 1 N–H and O–H groups in total. The Balaban J connectivity index is 2.32. The molecule has 1 heterocycles. The summed E-state index contributed by atoms with van der Waals surface area (Å²) in [7, 11) is 3.34. The Bertz CT molecular complexity index is 776. The lowest BCUT2D eigenvalue weighted by molar-refractivity contribution is -0.384. The van der Waals surface area contributed by atoms with Crippen molar-refractivity contribution in [2.24, 2.45) is 7.05 Å². The van der Waals surface area contributed by atoms with Crippen LogP contribution in [0.3, 0.4) is 0 Å². The monoisotopic (exact) mass is 315 g/mol. The maximum absolute atomic E-state index is 11.2. The molecule has 0 unspecified atom stereocenters. The second-order valence-electron chi connectivity index (χ2n) is 4.87. The van der Waals surface area contributed by atoms with Crippen LogP contribution in [-0.4, -0.2) is 21.8 Å². The van der Waals surface area contributed by atoms with Crippen LogP contribution in [-0.2, 0) is 20.0 Å². The average molecular weight is 315 g/mol. The summed E-state index contributed by atoms with van der Waals surface area (Å²) >= 11 is 0. The molecular formula is C15H17N5O3. The normalized spacial score (nSPS) is 10.2. The lowest BCUT2D eigenvalue weighted by Gasteiger charge is -2.09. The van der Waals surface area contributed by atoms with Gasteiger partial charge in [-0.1, -0.05) is 6.92 Å². The summed E-state index contributed by atoms with van der Waals surface area (Å²) in [6.45, 7) is 2.32. The van der Waals surface area contributed by atoms with E-state index in [9.17, 15) is 10.1 Å². The van der Waals surface area contributed by atoms with Crippen LogP contribution in [0.4, 0.5) is 11.4 Å². The standard InChI is InChI=1S/C15H17N5O3/c1-4-12-11(15(23-3)19(2)18-12)9-17-13-6-5-10(8-16)7-14(13)20(21)22/h5-7,17H,4,9H2,1-3H3. The highest BCUT2D eigenvalue weighted by atomic mass is 16.6. The summed E-state index contributed by atoms with van der Waals surface area (Å²) in [5.74, 6) is 0.616. The van der Waals surface area contributed by atoms with Gasteiger partial charge in [0.05, 0.1) is 34.9 Å². The first-order valence-corrected chi connectivity index (χ1v) is 7.02. The van der Waals surface area contributed by atoms with Gasteiger partial charge >= 0.3 is 0 Å². The lowest BCUT2D eigenvalue weighted by Crippen LogP contribution is -2.05. The van der Waals surface area contributed by atoms with Crippen LogP contribution in [0.25, 0.3) is 0 Å². The second-order valence-corrected chi connectivity index (χ2v) is 4.87. The Morgan fingerprint density at radius 3 is 2.83 bits per heavy atom. The number of rotatable bonds is 6. The number of anilines is 1. The maximum Gasteiger partial charge on any atom is 0.293 e. The van der Waals surface area contributed by atoms with Crippen molar-refractivity contribution in [1.82, 2.24) is 9.78 Å². The van der Waals surface area contributed by atoms with Gasteiger partial charge < -0.3 is 10.1 Å². The number of ether oxygens (including phenoxy) is 1. The fraction of sp³-hybridized carbons (Fsp3) is 0.333. The molecule has 0 radical (unpaired) electrons. The molecule has 0 aliphatic heterocycles. The van der Waals surface area contributed by atoms with E-state index in [2.05, 4.69) is 10.4 Å². The minimum absolute atomic E-state index is 0.134. The number of nitrogens with one attached hydrogen (secondary N) is 1. The molecule has 0 atom stereocenters. The average Bonchev–Trinajstić information content (AvgIpc) is 2.87. The van der Waals surface area contributed by atoms with Crippen molar-refractivity contribution < 1.29 is 9.66 Å². The number of hydrogen-bond acceptors (Lipinski definition) is 6.